The zero-order valence-corrected chi connectivity index (χ0v) is 13.2. The van der Waals surface area contributed by atoms with Gasteiger partial charge in [0, 0.05) is 30.7 Å². The van der Waals surface area contributed by atoms with Crippen molar-refractivity contribution in [2.75, 3.05) is 32.8 Å². The number of nitrogens with zero attached hydrogens (tertiary/aromatic N) is 1. The van der Waals surface area contributed by atoms with Crippen molar-refractivity contribution in [3.8, 4) is 0 Å². The van der Waals surface area contributed by atoms with E-state index in [2.05, 4.69) is 10.2 Å². The first-order chi connectivity index (χ1) is 10.7. The van der Waals surface area contributed by atoms with Gasteiger partial charge in [-0.15, -0.1) is 0 Å². The number of ether oxygens (including phenoxy) is 1. The molecule has 0 unspecified atom stereocenters. The summed E-state index contributed by atoms with van der Waals surface area (Å²) in [5.41, 5.74) is -0.788. The van der Waals surface area contributed by atoms with Crippen LogP contribution in [0.3, 0.4) is 0 Å². The van der Waals surface area contributed by atoms with Crippen LogP contribution < -0.4 is 5.32 Å². The number of halogens is 3. The Morgan fingerprint density at radius 2 is 1.74 bits per heavy atom. The van der Waals surface area contributed by atoms with Crippen LogP contribution in [-0.2, 0) is 10.9 Å². The van der Waals surface area contributed by atoms with E-state index in [4.69, 9.17) is 4.74 Å². The number of alkyl halides is 3. The van der Waals surface area contributed by atoms with Crippen molar-refractivity contribution in [1.82, 2.24) is 10.2 Å². The molecule has 0 aliphatic carbocycles. The Labute approximate surface area is 133 Å². The molecule has 7 heteroatoms. The predicted molar refractivity (Wildman–Crippen MR) is 80.2 cm³/mol. The van der Waals surface area contributed by atoms with Gasteiger partial charge in [-0.05, 0) is 38.1 Å². The number of carbonyl (C=O) groups is 1. The lowest BCUT2D eigenvalue weighted by atomic mass is 10.0. The van der Waals surface area contributed by atoms with E-state index in [-0.39, 0.29) is 17.0 Å². The van der Waals surface area contributed by atoms with Crippen molar-refractivity contribution in [2.24, 2.45) is 0 Å². The number of rotatable bonds is 4. The Morgan fingerprint density at radius 3 is 2.26 bits per heavy atom. The third-order valence-electron chi connectivity index (χ3n) is 4.02. The van der Waals surface area contributed by atoms with Crippen LogP contribution in [0.4, 0.5) is 13.2 Å². The summed E-state index contributed by atoms with van der Waals surface area (Å²) >= 11 is 0. The smallest absolute Gasteiger partial charge is 0.379 e. The Hall–Kier alpha value is -1.60. The molecule has 128 valence electrons. The molecular formula is C16H21F3N2O2. The summed E-state index contributed by atoms with van der Waals surface area (Å²) in [6.07, 6.45) is -4.40. The topological polar surface area (TPSA) is 41.6 Å². The fourth-order valence-electron chi connectivity index (χ4n) is 2.49. The maximum absolute atomic E-state index is 12.5. The lowest BCUT2D eigenvalue weighted by Crippen LogP contribution is -2.55. The number of amides is 1. The average Bonchev–Trinajstić information content (AvgIpc) is 2.53. The lowest BCUT2D eigenvalue weighted by molar-refractivity contribution is -0.137. The van der Waals surface area contributed by atoms with Gasteiger partial charge in [-0.2, -0.15) is 13.2 Å². The molecule has 0 spiro atoms. The Bertz CT molecular complexity index is 535. The van der Waals surface area contributed by atoms with E-state index < -0.39 is 11.7 Å². The van der Waals surface area contributed by atoms with Gasteiger partial charge in [-0.25, -0.2) is 0 Å². The van der Waals surface area contributed by atoms with Crippen molar-refractivity contribution in [3.05, 3.63) is 35.4 Å². The highest BCUT2D eigenvalue weighted by molar-refractivity contribution is 5.94. The fourth-order valence-corrected chi connectivity index (χ4v) is 2.49. The van der Waals surface area contributed by atoms with E-state index in [1.165, 1.54) is 12.1 Å². The van der Waals surface area contributed by atoms with Crippen LogP contribution in [-0.4, -0.2) is 49.2 Å². The number of hydrogen-bond acceptors (Lipinski definition) is 3. The average molecular weight is 330 g/mol. The first kappa shape index (κ1) is 17.7. The molecule has 0 saturated carbocycles. The van der Waals surface area contributed by atoms with Gasteiger partial charge in [-0.3, -0.25) is 9.69 Å². The summed E-state index contributed by atoms with van der Waals surface area (Å²) < 4.78 is 42.9. The van der Waals surface area contributed by atoms with Gasteiger partial charge in [-0.1, -0.05) is 0 Å². The number of hydrogen-bond donors (Lipinski definition) is 1. The normalized spacial score (nSPS) is 17.1. The van der Waals surface area contributed by atoms with Crippen LogP contribution >= 0.6 is 0 Å². The van der Waals surface area contributed by atoms with Gasteiger partial charge in [0.15, 0.2) is 0 Å². The Kier molecular flexibility index (Phi) is 5.31. The molecule has 0 aromatic heterocycles. The van der Waals surface area contributed by atoms with Gasteiger partial charge < -0.3 is 10.1 Å². The molecular weight excluding hydrogens is 309 g/mol. The molecule has 23 heavy (non-hydrogen) atoms. The second-order valence-corrected chi connectivity index (χ2v) is 6.17. The van der Waals surface area contributed by atoms with Crippen LogP contribution in [0.5, 0.6) is 0 Å². The zero-order chi connectivity index (χ0) is 17.1. The third-order valence-corrected chi connectivity index (χ3v) is 4.02. The van der Waals surface area contributed by atoms with Crippen LogP contribution in [0.15, 0.2) is 24.3 Å². The van der Waals surface area contributed by atoms with Crippen LogP contribution in [0.1, 0.15) is 29.8 Å². The zero-order valence-electron chi connectivity index (χ0n) is 13.2. The van der Waals surface area contributed by atoms with Gasteiger partial charge in [0.1, 0.15) is 0 Å². The summed E-state index contributed by atoms with van der Waals surface area (Å²) in [6, 6.07) is 4.23. The van der Waals surface area contributed by atoms with E-state index in [0.29, 0.717) is 19.8 Å². The standard InChI is InChI=1S/C16H21F3N2O2/c1-15(2,21-7-9-23-10-8-21)11-20-14(22)12-3-5-13(6-4-12)16(17,18)19/h3-6H,7-11H2,1-2H3,(H,20,22). The summed E-state index contributed by atoms with van der Waals surface area (Å²) in [5.74, 6) is -0.375. The molecule has 0 atom stereocenters. The number of benzene rings is 1. The predicted octanol–water partition coefficient (Wildman–Crippen LogP) is 2.55. The van der Waals surface area contributed by atoms with Crippen molar-refractivity contribution in [2.45, 2.75) is 25.6 Å². The van der Waals surface area contributed by atoms with E-state index in [9.17, 15) is 18.0 Å². The van der Waals surface area contributed by atoms with E-state index in [1.807, 2.05) is 13.8 Å². The van der Waals surface area contributed by atoms with Crippen molar-refractivity contribution >= 4 is 5.91 Å². The van der Waals surface area contributed by atoms with Gasteiger partial charge in [0.25, 0.3) is 5.91 Å². The molecule has 1 aromatic carbocycles. The third kappa shape index (κ3) is 4.68. The van der Waals surface area contributed by atoms with Gasteiger partial charge in [0.2, 0.25) is 0 Å². The SMILES string of the molecule is CC(C)(CNC(=O)c1ccc(C(F)(F)F)cc1)N1CCOCC1. The minimum atomic E-state index is -4.40. The van der Waals surface area contributed by atoms with E-state index in [0.717, 1.165) is 25.2 Å². The second kappa shape index (κ2) is 6.88. The number of carbonyl (C=O) groups excluding carboxylic acids is 1. The van der Waals surface area contributed by atoms with Crippen LogP contribution in [0.25, 0.3) is 0 Å². The Morgan fingerprint density at radius 1 is 1.17 bits per heavy atom. The lowest BCUT2D eigenvalue weighted by Gasteiger charge is -2.40. The van der Waals surface area contributed by atoms with Crippen molar-refractivity contribution < 1.29 is 22.7 Å². The molecule has 1 amide bonds. The quantitative estimate of drug-likeness (QED) is 0.922. The molecule has 1 N–H and O–H groups in total. The molecule has 1 aliphatic heterocycles. The van der Waals surface area contributed by atoms with Crippen molar-refractivity contribution in [1.29, 1.82) is 0 Å². The molecule has 1 fully saturated rings. The van der Waals surface area contributed by atoms with Crippen LogP contribution in [0.2, 0.25) is 0 Å². The molecule has 4 nitrogen and oxygen atoms in total. The van der Waals surface area contributed by atoms with Crippen molar-refractivity contribution in [3.63, 3.8) is 0 Å². The first-order valence-corrected chi connectivity index (χ1v) is 7.48. The molecule has 1 aromatic rings. The fraction of sp³-hybridized carbons (Fsp3) is 0.562. The second-order valence-electron chi connectivity index (χ2n) is 6.17. The highest BCUT2D eigenvalue weighted by Gasteiger charge is 2.31. The first-order valence-electron chi connectivity index (χ1n) is 7.48. The van der Waals surface area contributed by atoms with E-state index in [1.54, 1.807) is 0 Å². The molecule has 1 saturated heterocycles. The monoisotopic (exact) mass is 330 g/mol. The summed E-state index contributed by atoms with van der Waals surface area (Å²) in [7, 11) is 0. The molecule has 0 radical (unpaired) electrons. The molecule has 0 bridgehead atoms. The van der Waals surface area contributed by atoms with Gasteiger partial charge in [0.05, 0.1) is 18.8 Å². The summed E-state index contributed by atoms with van der Waals surface area (Å²) in [4.78, 5) is 14.3. The highest BCUT2D eigenvalue weighted by Crippen LogP contribution is 2.29. The summed E-state index contributed by atoms with van der Waals surface area (Å²) in [6.45, 7) is 7.36. The minimum Gasteiger partial charge on any atom is -0.379 e. The van der Waals surface area contributed by atoms with Crippen LogP contribution in [0, 0.1) is 0 Å². The Balaban J connectivity index is 1.93. The van der Waals surface area contributed by atoms with Gasteiger partial charge >= 0.3 is 6.18 Å². The highest BCUT2D eigenvalue weighted by atomic mass is 19.4. The molecule has 1 heterocycles. The number of morpholine rings is 1. The minimum absolute atomic E-state index is 0.218. The van der Waals surface area contributed by atoms with E-state index >= 15 is 0 Å². The largest absolute Gasteiger partial charge is 0.416 e. The summed E-state index contributed by atoms with van der Waals surface area (Å²) in [5, 5.41) is 2.79. The molecule has 1 aliphatic rings. The maximum Gasteiger partial charge on any atom is 0.416 e. The molecule has 2 rings (SSSR count). The number of nitrogens with one attached hydrogen (secondary N) is 1. The maximum atomic E-state index is 12.5.